The second-order valence-electron chi connectivity index (χ2n) is 9.07. The largest absolute Gasteiger partial charge is 0.444 e. The van der Waals surface area contributed by atoms with Crippen molar-refractivity contribution in [2.75, 3.05) is 13.1 Å². The molecule has 3 rings (SSSR count). The lowest BCUT2D eigenvalue weighted by molar-refractivity contribution is -0.136. The van der Waals surface area contributed by atoms with Crippen molar-refractivity contribution in [3.8, 4) is 0 Å². The molecule has 2 atom stereocenters. The van der Waals surface area contributed by atoms with Crippen molar-refractivity contribution in [1.82, 2.24) is 10.2 Å². The minimum atomic E-state index is -0.486. The number of rotatable bonds is 2. The third kappa shape index (κ3) is 4.04. The van der Waals surface area contributed by atoms with Gasteiger partial charge in [0.05, 0.1) is 0 Å². The summed E-state index contributed by atoms with van der Waals surface area (Å²) in [7, 11) is 0. The van der Waals surface area contributed by atoms with Gasteiger partial charge in [-0.25, -0.2) is 4.79 Å². The van der Waals surface area contributed by atoms with Gasteiger partial charge in [-0.05, 0) is 64.7 Å². The van der Waals surface area contributed by atoms with Crippen LogP contribution >= 0.6 is 0 Å². The van der Waals surface area contributed by atoms with E-state index in [0.29, 0.717) is 11.3 Å². The lowest BCUT2D eigenvalue weighted by atomic mass is 9.68. The van der Waals surface area contributed by atoms with E-state index in [0.717, 1.165) is 38.8 Å². The summed E-state index contributed by atoms with van der Waals surface area (Å²) < 4.78 is 5.34. The maximum Gasteiger partial charge on any atom is 0.407 e. The van der Waals surface area contributed by atoms with Crippen molar-refractivity contribution in [3.63, 3.8) is 0 Å². The molecule has 0 aromatic heterocycles. The molecule has 0 aromatic carbocycles. The molecule has 2 aliphatic carbocycles. The molecule has 3 aliphatic rings. The molecule has 1 N–H and O–H groups in total. The number of likely N-dealkylation sites (tertiary alicyclic amines) is 1. The Balaban J connectivity index is 1.50. The number of alkyl carbamates (subject to hydrolysis) is 1. The number of carbonyl (C=O) groups excluding carboxylic acids is 2. The van der Waals surface area contributed by atoms with Crippen molar-refractivity contribution in [2.24, 2.45) is 11.3 Å². The third-order valence-corrected chi connectivity index (χ3v) is 5.91. The third-order valence-electron chi connectivity index (χ3n) is 5.91. The fourth-order valence-electron chi connectivity index (χ4n) is 4.49. The topological polar surface area (TPSA) is 58.6 Å². The van der Waals surface area contributed by atoms with Crippen LogP contribution in [0.5, 0.6) is 0 Å². The number of ether oxygens (including phenoxy) is 1. The van der Waals surface area contributed by atoms with Crippen LogP contribution < -0.4 is 5.32 Å². The number of nitrogens with zero attached hydrogens (tertiary/aromatic N) is 1. The van der Waals surface area contributed by atoms with Gasteiger partial charge in [0.2, 0.25) is 5.91 Å². The van der Waals surface area contributed by atoms with E-state index < -0.39 is 5.60 Å². The van der Waals surface area contributed by atoms with Crippen molar-refractivity contribution in [2.45, 2.75) is 83.8 Å². The second kappa shape index (κ2) is 6.57. The summed E-state index contributed by atoms with van der Waals surface area (Å²) in [6.45, 7) is 7.49. The molecule has 0 unspecified atom stereocenters. The van der Waals surface area contributed by atoms with Gasteiger partial charge in [-0.15, -0.1) is 0 Å². The fraction of sp³-hybridized carbons (Fsp3) is 0.895. The summed E-state index contributed by atoms with van der Waals surface area (Å²) in [6, 6.07) is 0.0582. The Hall–Kier alpha value is -1.26. The van der Waals surface area contributed by atoms with E-state index in [1.165, 1.54) is 25.7 Å². The highest BCUT2D eigenvalue weighted by atomic mass is 16.6. The summed E-state index contributed by atoms with van der Waals surface area (Å²) in [5.74, 6) is 0.378. The Morgan fingerprint density at radius 3 is 2.46 bits per heavy atom. The molecule has 1 spiro atoms. The lowest BCUT2D eigenvalue weighted by Crippen LogP contribution is -2.45. The Bertz CT molecular complexity index is 493. The van der Waals surface area contributed by atoms with Crippen molar-refractivity contribution in [3.05, 3.63) is 0 Å². The summed E-state index contributed by atoms with van der Waals surface area (Å²) in [4.78, 5) is 26.9. The van der Waals surface area contributed by atoms with Crippen LogP contribution in [0, 0.1) is 11.3 Å². The predicted molar refractivity (Wildman–Crippen MR) is 92.6 cm³/mol. The fourth-order valence-corrected chi connectivity index (χ4v) is 4.49. The first kappa shape index (κ1) is 17.6. The second-order valence-corrected chi connectivity index (χ2v) is 9.07. The van der Waals surface area contributed by atoms with Crippen LogP contribution in [0.15, 0.2) is 0 Å². The van der Waals surface area contributed by atoms with E-state index in [1.54, 1.807) is 0 Å². The van der Waals surface area contributed by atoms with E-state index in [1.807, 2.05) is 20.8 Å². The molecule has 1 heterocycles. The van der Waals surface area contributed by atoms with Crippen LogP contribution in [0.3, 0.4) is 0 Å². The van der Waals surface area contributed by atoms with Gasteiger partial charge in [0.1, 0.15) is 5.60 Å². The molecule has 5 heteroatoms. The zero-order valence-corrected chi connectivity index (χ0v) is 15.4. The first-order valence-electron chi connectivity index (χ1n) is 9.55. The summed E-state index contributed by atoms with van der Waals surface area (Å²) >= 11 is 0. The van der Waals surface area contributed by atoms with Gasteiger partial charge in [0, 0.05) is 25.0 Å². The Labute approximate surface area is 145 Å². The molecule has 1 saturated heterocycles. The number of nitrogens with one attached hydrogen (secondary N) is 1. The molecule has 1 aliphatic heterocycles. The molecule has 5 nitrogen and oxygen atoms in total. The van der Waals surface area contributed by atoms with Crippen LogP contribution in [-0.4, -0.2) is 41.6 Å². The zero-order chi connectivity index (χ0) is 17.4. The average Bonchev–Trinajstić information content (AvgIpc) is 2.90. The molecule has 136 valence electrons. The van der Waals surface area contributed by atoms with Crippen LogP contribution in [0.25, 0.3) is 0 Å². The molecular weight excluding hydrogens is 304 g/mol. The molecular formula is C19H32N2O3. The van der Waals surface area contributed by atoms with Crippen molar-refractivity contribution >= 4 is 12.0 Å². The first-order chi connectivity index (χ1) is 11.3. The van der Waals surface area contributed by atoms with Gasteiger partial charge in [0.15, 0.2) is 0 Å². The van der Waals surface area contributed by atoms with Gasteiger partial charge in [0.25, 0.3) is 0 Å². The van der Waals surface area contributed by atoms with Crippen molar-refractivity contribution in [1.29, 1.82) is 0 Å². The molecule has 0 aromatic rings. The van der Waals surface area contributed by atoms with Crippen molar-refractivity contribution < 1.29 is 14.3 Å². The monoisotopic (exact) mass is 336 g/mol. The number of amides is 2. The molecule has 0 radical (unpaired) electrons. The highest BCUT2D eigenvalue weighted by Gasteiger charge is 2.45. The quantitative estimate of drug-likeness (QED) is 0.840. The van der Waals surface area contributed by atoms with Gasteiger partial charge >= 0.3 is 6.09 Å². The predicted octanol–water partition coefficient (Wildman–Crippen LogP) is 3.47. The van der Waals surface area contributed by atoms with Crippen LogP contribution in [-0.2, 0) is 9.53 Å². The summed E-state index contributed by atoms with van der Waals surface area (Å²) in [6.07, 6.45) is 8.38. The van der Waals surface area contributed by atoms with E-state index in [9.17, 15) is 9.59 Å². The number of carbonyl (C=O) groups is 2. The lowest BCUT2D eigenvalue weighted by Gasteiger charge is -2.38. The van der Waals surface area contributed by atoms with Gasteiger partial charge in [-0.1, -0.05) is 12.8 Å². The Morgan fingerprint density at radius 1 is 1.12 bits per heavy atom. The molecule has 3 fully saturated rings. The summed E-state index contributed by atoms with van der Waals surface area (Å²) in [5.41, 5.74) is -0.0287. The van der Waals surface area contributed by atoms with Gasteiger partial charge in [-0.3, -0.25) is 4.79 Å². The highest BCUT2D eigenvalue weighted by molar-refractivity contribution is 5.79. The highest BCUT2D eigenvalue weighted by Crippen LogP contribution is 2.48. The van der Waals surface area contributed by atoms with E-state index in [-0.39, 0.29) is 18.1 Å². The molecule has 24 heavy (non-hydrogen) atoms. The molecule has 2 amide bonds. The van der Waals surface area contributed by atoms with Gasteiger partial charge in [-0.2, -0.15) is 0 Å². The minimum Gasteiger partial charge on any atom is -0.444 e. The summed E-state index contributed by atoms with van der Waals surface area (Å²) in [5, 5.41) is 2.96. The molecule has 2 saturated carbocycles. The molecule has 0 bridgehead atoms. The SMILES string of the molecule is CC(C)(C)OC(=O)N[C@H]1CCC[C@H](C(=O)N2CCC3(CCC3)C2)C1. The van der Waals surface area contributed by atoms with Gasteiger partial charge < -0.3 is 15.0 Å². The number of hydrogen-bond acceptors (Lipinski definition) is 3. The zero-order valence-electron chi connectivity index (χ0n) is 15.4. The smallest absolute Gasteiger partial charge is 0.407 e. The normalized spacial score (nSPS) is 29.2. The maximum absolute atomic E-state index is 12.9. The van der Waals surface area contributed by atoms with Crippen LogP contribution in [0.4, 0.5) is 4.79 Å². The Kier molecular flexibility index (Phi) is 4.80. The minimum absolute atomic E-state index is 0.0582. The van der Waals surface area contributed by atoms with E-state index in [2.05, 4.69) is 10.2 Å². The van der Waals surface area contributed by atoms with E-state index >= 15 is 0 Å². The standard InChI is InChI=1S/C19H32N2O3/c1-18(2,3)24-17(23)20-15-7-4-6-14(12-15)16(22)21-11-10-19(13-21)8-5-9-19/h14-15H,4-13H2,1-3H3,(H,20,23)/t14-,15-/m0/s1. The maximum atomic E-state index is 12.9. The average molecular weight is 336 g/mol. The van der Waals surface area contributed by atoms with Crippen LogP contribution in [0.2, 0.25) is 0 Å². The Morgan fingerprint density at radius 2 is 1.88 bits per heavy atom. The number of hydrogen-bond donors (Lipinski definition) is 1. The first-order valence-corrected chi connectivity index (χ1v) is 9.55. The van der Waals surface area contributed by atoms with E-state index in [4.69, 9.17) is 4.74 Å². The van der Waals surface area contributed by atoms with Crippen LogP contribution in [0.1, 0.15) is 72.1 Å².